The summed E-state index contributed by atoms with van der Waals surface area (Å²) in [4.78, 5) is 0. The van der Waals surface area contributed by atoms with Crippen molar-refractivity contribution in [1.29, 1.82) is 0 Å². The van der Waals surface area contributed by atoms with E-state index in [0.717, 1.165) is 5.69 Å². The fourth-order valence-corrected chi connectivity index (χ4v) is 3.78. The fraction of sp³-hybridized carbons (Fsp3) is 0.538. The van der Waals surface area contributed by atoms with Gasteiger partial charge >= 0.3 is 29.6 Å². The van der Waals surface area contributed by atoms with Crippen LogP contribution in [0.4, 0.5) is 5.69 Å². The van der Waals surface area contributed by atoms with Crippen LogP contribution in [0.15, 0.2) is 18.2 Å². The molecule has 1 rings (SSSR count). The first-order chi connectivity index (χ1) is 10.3. The molecule has 0 amide bonds. The van der Waals surface area contributed by atoms with Crippen LogP contribution >= 0.6 is 21.1 Å². The van der Waals surface area contributed by atoms with E-state index >= 15 is 0 Å². The molecule has 24 heavy (non-hydrogen) atoms. The number of anilines is 1. The number of aliphatic hydroxyl groups excluding tert-OH is 1. The number of hydrogen-bond donors (Lipinski definition) is 2. The van der Waals surface area contributed by atoms with E-state index in [0.29, 0.717) is 18.0 Å². The summed E-state index contributed by atoms with van der Waals surface area (Å²) in [6.07, 6.45) is -0.859. The van der Waals surface area contributed by atoms with Gasteiger partial charge in [0.05, 0.1) is 20.3 Å². The van der Waals surface area contributed by atoms with Gasteiger partial charge in [-0.15, -0.1) is 12.4 Å². The Balaban J connectivity index is -0.00000161. The largest absolute Gasteiger partial charge is 1.00 e. The Hall–Kier alpha value is 0.210. The second-order valence-corrected chi connectivity index (χ2v) is 7.34. The fourth-order valence-electron chi connectivity index (χ4n) is 1.85. The van der Waals surface area contributed by atoms with Gasteiger partial charge in [-0.1, -0.05) is 0 Å². The van der Waals surface area contributed by atoms with E-state index in [9.17, 15) is 13.5 Å². The zero-order chi connectivity index (χ0) is 16.8. The molecule has 2 N–H and O–H groups in total. The number of rotatable bonds is 9. The molecule has 0 aromatic heterocycles. The second-order valence-electron chi connectivity index (χ2n) is 4.58. The molecule has 0 aliphatic heterocycles. The van der Waals surface area contributed by atoms with Crippen molar-refractivity contribution in [2.24, 2.45) is 0 Å². The third kappa shape index (κ3) is 9.63. The van der Waals surface area contributed by atoms with Crippen molar-refractivity contribution in [3.8, 4) is 11.5 Å². The van der Waals surface area contributed by atoms with E-state index in [-0.39, 0.29) is 58.3 Å². The van der Waals surface area contributed by atoms with Crippen LogP contribution in [0, 0.1) is 0 Å². The zero-order valence-corrected chi connectivity index (χ0v) is 18.9. The van der Waals surface area contributed by atoms with Crippen molar-refractivity contribution in [3.05, 3.63) is 18.2 Å². The van der Waals surface area contributed by atoms with E-state index in [1.165, 1.54) is 0 Å². The van der Waals surface area contributed by atoms with Crippen LogP contribution in [0.3, 0.4) is 0 Å². The van der Waals surface area contributed by atoms with Crippen molar-refractivity contribution < 1.29 is 58.5 Å². The van der Waals surface area contributed by atoms with E-state index in [1.54, 1.807) is 20.3 Å². The summed E-state index contributed by atoms with van der Waals surface area (Å²) in [7, 11) is -0.884. The molecule has 2 unspecified atom stereocenters. The Bertz CT molecular complexity index is 576. The minimum absolute atomic E-state index is 0. The average Bonchev–Trinajstić information content (AvgIpc) is 2.45. The molecule has 0 aliphatic rings. The smallest absolute Gasteiger partial charge is 1.00 e. The van der Waals surface area contributed by atoms with E-state index in [2.05, 4.69) is 0 Å². The van der Waals surface area contributed by atoms with Crippen LogP contribution in [0.5, 0.6) is 11.5 Å². The quantitative estimate of drug-likeness (QED) is 0.303. The standard InChI is InChI=1S/C13H22NO6PS.ClH.Na.H/c1-4-14(21-8-11(15)9-22(16,17)18)10-5-12(19-2)7-13(6-10)20-3;;;/h5-7,11,15,21H,4,8-9H2,1-3H3,(H,16,17,18);1H;;/q;;+1;-1. The molecule has 11 heteroatoms. The number of aliphatic hydroxyl groups is 1. The number of nitrogens with zero attached hydrogens (tertiary/aromatic N) is 1. The summed E-state index contributed by atoms with van der Waals surface area (Å²) in [6.45, 7) is 2.63. The van der Waals surface area contributed by atoms with Crippen LogP contribution in [-0.4, -0.2) is 56.9 Å². The van der Waals surface area contributed by atoms with Gasteiger partial charge in [-0.05, 0) is 15.7 Å². The van der Waals surface area contributed by atoms with Crippen molar-refractivity contribution in [2.45, 2.75) is 13.0 Å². The third-order valence-electron chi connectivity index (χ3n) is 2.88. The topological polar surface area (TPSA) is 96.3 Å². The van der Waals surface area contributed by atoms with Crippen LogP contribution in [0.2, 0.25) is 0 Å². The summed E-state index contributed by atoms with van der Waals surface area (Å²) in [5, 5.41) is 9.67. The van der Waals surface area contributed by atoms with Crippen molar-refractivity contribution in [3.63, 3.8) is 0 Å². The summed E-state index contributed by atoms with van der Waals surface area (Å²) in [5.41, 5.74) is 0.857. The summed E-state index contributed by atoms with van der Waals surface area (Å²) in [5.74, 6) is 0.645. The third-order valence-corrected chi connectivity index (χ3v) is 5.30. The first-order valence-electron chi connectivity index (χ1n) is 6.66. The maximum Gasteiger partial charge on any atom is 1.00 e. The first kappa shape index (κ1) is 26.4. The molecule has 0 aliphatic carbocycles. The molecular weight excluding hydrogens is 388 g/mol. The zero-order valence-electron chi connectivity index (χ0n) is 15.2. The molecule has 136 valence electrons. The summed E-state index contributed by atoms with van der Waals surface area (Å²) in [6, 6.07) is 5.44. The van der Waals surface area contributed by atoms with Crippen LogP contribution in [0.25, 0.3) is 0 Å². The number of halogens is 1. The van der Waals surface area contributed by atoms with Crippen LogP contribution in [0.1, 0.15) is 8.35 Å². The van der Waals surface area contributed by atoms with Gasteiger partial charge in [0.25, 0.3) is 10.1 Å². The van der Waals surface area contributed by atoms with E-state index in [1.807, 2.05) is 23.7 Å². The van der Waals surface area contributed by atoms with Gasteiger partial charge in [0.2, 0.25) is 0 Å². The normalized spacial score (nSPS) is 12.2. The molecule has 2 atom stereocenters. The maximum absolute atomic E-state index is 10.7. The van der Waals surface area contributed by atoms with Gasteiger partial charge in [-0.3, -0.25) is 4.55 Å². The van der Waals surface area contributed by atoms with E-state index in [4.69, 9.17) is 14.0 Å². The van der Waals surface area contributed by atoms with Gasteiger partial charge in [-0.2, -0.15) is 8.42 Å². The Labute approximate surface area is 174 Å². The van der Waals surface area contributed by atoms with Crippen molar-refractivity contribution in [1.82, 2.24) is 0 Å². The minimum Gasteiger partial charge on any atom is -1.00 e. The van der Waals surface area contributed by atoms with Gasteiger partial charge in [0.1, 0.15) is 17.3 Å². The van der Waals surface area contributed by atoms with Gasteiger partial charge < -0.3 is 20.7 Å². The first-order valence-corrected chi connectivity index (χ1v) is 9.42. The number of hydrogen-bond acceptors (Lipinski definition) is 6. The van der Waals surface area contributed by atoms with Crippen LogP contribution < -0.4 is 43.7 Å². The number of ether oxygens (including phenoxy) is 2. The molecule has 1 aromatic rings. The summed E-state index contributed by atoms with van der Waals surface area (Å²) < 4.78 is 42.6. The van der Waals surface area contributed by atoms with Crippen molar-refractivity contribution >= 4 is 36.9 Å². The van der Waals surface area contributed by atoms with Crippen molar-refractivity contribution in [2.75, 3.05) is 37.3 Å². The molecule has 0 fully saturated rings. The summed E-state index contributed by atoms with van der Waals surface area (Å²) >= 11 is 0. The molecule has 0 saturated heterocycles. The number of benzene rings is 1. The Morgan fingerprint density at radius 2 is 1.75 bits per heavy atom. The second kappa shape index (κ2) is 12.5. The Morgan fingerprint density at radius 3 is 2.12 bits per heavy atom. The molecule has 0 radical (unpaired) electrons. The monoisotopic (exact) mass is 411 g/mol. The molecule has 1 aromatic carbocycles. The van der Waals surface area contributed by atoms with Gasteiger partial charge in [0.15, 0.2) is 0 Å². The Morgan fingerprint density at radius 1 is 1.25 bits per heavy atom. The van der Waals surface area contributed by atoms with E-state index < -0.39 is 22.0 Å². The van der Waals surface area contributed by atoms with Crippen LogP contribution in [-0.2, 0) is 10.1 Å². The molecular formula is C13H24ClNNaO6PS. The predicted molar refractivity (Wildman–Crippen MR) is 96.5 cm³/mol. The molecule has 0 spiro atoms. The minimum atomic E-state index is -4.17. The Kier molecular flexibility index (Phi) is 13.8. The maximum atomic E-state index is 10.7. The van der Waals surface area contributed by atoms with Gasteiger partial charge in [0, 0.05) is 36.6 Å². The molecule has 0 saturated carbocycles. The molecule has 0 heterocycles. The predicted octanol–water partition coefficient (Wildman–Crippen LogP) is -1.09. The SMILES string of the molecule is CCN(PCC(O)CS(=O)(=O)O)c1cc(OC)cc(OC)c1.Cl.[H-].[Na+]. The average molecular weight is 412 g/mol. The molecule has 7 nitrogen and oxygen atoms in total. The molecule has 0 bridgehead atoms. The van der Waals surface area contributed by atoms with Gasteiger partial charge in [-0.25, -0.2) is 0 Å². The number of methoxy groups -OCH3 is 2.